The lowest BCUT2D eigenvalue weighted by Gasteiger charge is -2.16. The van der Waals surface area contributed by atoms with Crippen LogP contribution in [0.1, 0.15) is 11.9 Å². The van der Waals surface area contributed by atoms with Gasteiger partial charge in [-0.25, -0.2) is 13.8 Å². The number of thiazole rings is 1. The summed E-state index contributed by atoms with van der Waals surface area (Å²) in [4.78, 5) is 16.6. The minimum absolute atomic E-state index is 0.0562. The predicted molar refractivity (Wildman–Crippen MR) is 100 cm³/mol. The molecule has 134 valence electrons. The first-order valence-corrected chi connectivity index (χ1v) is 8.85. The third kappa shape index (κ3) is 4.23. The summed E-state index contributed by atoms with van der Waals surface area (Å²) in [5, 5.41) is 8.49. The second-order valence-corrected chi connectivity index (χ2v) is 6.87. The summed E-state index contributed by atoms with van der Waals surface area (Å²) in [5.41, 5.74) is 2.60. The Morgan fingerprint density at radius 3 is 2.50 bits per heavy atom. The standard InChI is InChI=1S/C19H17F2N3OS/c1-11(19(25)24-17-8-5-14(20)9-16(17)21)22-15-6-3-13(4-7-15)18-10-26-12(2)23-18/h3-11,22H,1-2H3,(H,24,25). The van der Waals surface area contributed by atoms with Gasteiger partial charge in [0.2, 0.25) is 5.91 Å². The van der Waals surface area contributed by atoms with Gasteiger partial charge in [-0.3, -0.25) is 4.79 Å². The molecular formula is C19H17F2N3OS. The van der Waals surface area contributed by atoms with Gasteiger partial charge in [0.1, 0.15) is 17.7 Å². The number of benzene rings is 2. The van der Waals surface area contributed by atoms with Gasteiger partial charge >= 0.3 is 0 Å². The maximum Gasteiger partial charge on any atom is 0.246 e. The predicted octanol–water partition coefficient (Wildman–Crippen LogP) is 4.84. The number of rotatable bonds is 5. The van der Waals surface area contributed by atoms with Crippen molar-refractivity contribution in [3.05, 3.63) is 64.5 Å². The van der Waals surface area contributed by atoms with Gasteiger partial charge in [0, 0.05) is 22.7 Å². The highest BCUT2D eigenvalue weighted by Gasteiger charge is 2.15. The summed E-state index contributed by atoms with van der Waals surface area (Å²) in [6.07, 6.45) is 0. The number of aromatic nitrogens is 1. The fourth-order valence-electron chi connectivity index (χ4n) is 2.38. The van der Waals surface area contributed by atoms with Crippen molar-refractivity contribution >= 4 is 28.6 Å². The van der Waals surface area contributed by atoms with Crippen LogP contribution in [0.5, 0.6) is 0 Å². The zero-order chi connectivity index (χ0) is 18.7. The Kier molecular flexibility index (Phi) is 5.27. The van der Waals surface area contributed by atoms with Gasteiger partial charge in [0.15, 0.2) is 0 Å². The first-order valence-electron chi connectivity index (χ1n) is 7.97. The smallest absolute Gasteiger partial charge is 0.246 e. The van der Waals surface area contributed by atoms with Gasteiger partial charge in [-0.1, -0.05) is 12.1 Å². The van der Waals surface area contributed by atoms with E-state index in [2.05, 4.69) is 15.6 Å². The summed E-state index contributed by atoms with van der Waals surface area (Å²) in [6.45, 7) is 3.61. The molecule has 1 unspecified atom stereocenters. The molecule has 0 aliphatic heterocycles. The second-order valence-electron chi connectivity index (χ2n) is 5.81. The van der Waals surface area contributed by atoms with Gasteiger partial charge in [-0.05, 0) is 38.1 Å². The van der Waals surface area contributed by atoms with E-state index in [1.807, 2.05) is 36.6 Å². The molecule has 1 atom stereocenters. The van der Waals surface area contributed by atoms with Crippen molar-refractivity contribution in [1.29, 1.82) is 0 Å². The third-order valence-corrected chi connectivity index (χ3v) is 4.54. The van der Waals surface area contributed by atoms with Gasteiger partial charge < -0.3 is 10.6 Å². The Morgan fingerprint density at radius 2 is 1.88 bits per heavy atom. The van der Waals surface area contributed by atoms with Crippen LogP contribution in [0.4, 0.5) is 20.2 Å². The van der Waals surface area contributed by atoms with E-state index in [-0.39, 0.29) is 5.69 Å². The normalized spacial score (nSPS) is 11.8. The molecule has 0 fully saturated rings. The van der Waals surface area contributed by atoms with Crippen LogP contribution in [0.2, 0.25) is 0 Å². The van der Waals surface area contributed by atoms with Crippen LogP contribution in [0, 0.1) is 18.6 Å². The quantitative estimate of drug-likeness (QED) is 0.673. The topological polar surface area (TPSA) is 54.0 Å². The SMILES string of the molecule is Cc1nc(-c2ccc(NC(C)C(=O)Nc3ccc(F)cc3F)cc2)cs1. The fraction of sp³-hybridized carbons (Fsp3) is 0.158. The monoisotopic (exact) mass is 373 g/mol. The van der Waals surface area contributed by atoms with Crippen LogP contribution in [-0.4, -0.2) is 16.9 Å². The van der Waals surface area contributed by atoms with Crippen LogP contribution in [0.25, 0.3) is 11.3 Å². The van der Waals surface area contributed by atoms with Gasteiger partial charge in [0.05, 0.1) is 16.4 Å². The van der Waals surface area contributed by atoms with E-state index < -0.39 is 23.6 Å². The lowest BCUT2D eigenvalue weighted by molar-refractivity contribution is -0.116. The number of aryl methyl sites for hydroxylation is 1. The van der Waals surface area contributed by atoms with E-state index >= 15 is 0 Å². The summed E-state index contributed by atoms with van der Waals surface area (Å²) >= 11 is 1.59. The highest BCUT2D eigenvalue weighted by molar-refractivity contribution is 7.09. The number of hydrogen-bond acceptors (Lipinski definition) is 4. The van der Waals surface area contributed by atoms with Crippen molar-refractivity contribution in [3.8, 4) is 11.3 Å². The van der Waals surface area contributed by atoms with Crippen molar-refractivity contribution in [2.75, 3.05) is 10.6 Å². The molecule has 3 rings (SSSR count). The molecule has 1 heterocycles. The number of carbonyl (C=O) groups is 1. The fourth-order valence-corrected chi connectivity index (χ4v) is 3.00. The summed E-state index contributed by atoms with van der Waals surface area (Å²) in [5.74, 6) is -1.93. The summed E-state index contributed by atoms with van der Waals surface area (Å²) < 4.78 is 26.5. The first-order chi connectivity index (χ1) is 12.4. The van der Waals surface area contributed by atoms with Crippen LogP contribution < -0.4 is 10.6 Å². The second kappa shape index (κ2) is 7.61. The van der Waals surface area contributed by atoms with Crippen LogP contribution in [-0.2, 0) is 4.79 Å². The van der Waals surface area contributed by atoms with E-state index in [4.69, 9.17) is 0 Å². The average Bonchev–Trinajstić information content (AvgIpc) is 3.04. The molecule has 0 saturated carbocycles. The highest BCUT2D eigenvalue weighted by atomic mass is 32.1. The number of carbonyl (C=O) groups excluding carboxylic acids is 1. The number of nitrogens with zero attached hydrogens (tertiary/aromatic N) is 1. The van der Waals surface area contributed by atoms with Crippen LogP contribution >= 0.6 is 11.3 Å². The zero-order valence-electron chi connectivity index (χ0n) is 14.2. The molecule has 0 radical (unpaired) electrons. The Morgan fingerprint density at radius 1 is 1.15 bits per heavy atom. The van der Waals surface area contributed by atoms with E-state index in [0.717, 1.165) is 34.1 Å². The molecule has 0 bridgehead atoms. The van der Waals surface area contributed by atoms with Crippen LogP contribution in [0.3, 0.4) is 0 Å². The molecule has 2 aromatic carbocycles. The molecule has 2 N–H and O–H groups in total. The number of anilines is 2. The Hall–Kier alpha value is -2.80. The molecule has 0 saturated heterocycles. The molecule has 7 heteroatoms. The molecule has 1 aromatic heterocycles. The molecule has 1 amide bonds. The number of amides is 1. The van der Waals surface area contributed by atoms with E-state index in [0.29, 0.717) is 0 Å². The van der Waals surface area contributed by atoms with Crippen molar-refractivity contribution in [3.63, 3.8) is 0 Å². The van der Waals surface area contributed by atoms with Crippen molar-refractivity contribution in [2.45, 2.75) is 19.9 Å². The maximum atomic E-state index is 13.6. The Balaban J connectivity index is 1.63. The Labute approximate surface area is 153 Å². The molecule has 0 spiro atoms. The number of hydrogen-bond donors (Lipinski definition) is 2. The largest absolute Gasteiger partial charge is 0.374 e. The minimum Gasteiger partial charge on any atom is -0.374 e. The number of halogens is 2. The molecule has 26 heavy (non-hydrogen) atoms. The van der Waals surface area contributed by atoms with E-state index in [9.17, 15) is 13.6 Å². The lowest BCUT2D eigenvalue weighted by Crippen LogP contribution is -2.32. The minimum atomic E-state index is -0.812. The zero-order valence-corrected chi connectivity index (χ0v) is 15.0. The lowest BCUT2D eigenvalue weighted by atomic mass is 10.1. The van der Waals surface area contributed by atoms with E-state index in [1.165, 1.54) is 6.07 Å². The first kappa shape index (κ1) is 18.0. The maximum absolute atomic E-state index is 13.6. The summed E-state index contributed by atoms with van der Waals surface area (Å²) in [6, 6.07) is 9.95. The summed E-state index contributed by atoms with van der Waals surface area (Å²) in [7, 11) is 0. The van der Waals surface area contributed by atoms with Gasteiger partial charge in [-0.2, -0.15) is 0 Å². The molecule has 4 nitrogen and oxygen atoms in total. The average molecular weight is 373 g/mol. The molecule has 0 aliphatic carbocycles. The molecule has 3 aromatic rings. The Bertz CT molecular complexity index is 925. The van der Waals surface area contributed by atoms with Crippen molar-refractivity contribution in [1.82, 2.24) is 4.98 Å². The molecule has 0 aliphatic rings. The van der Waals surface area contributed by atoms with Gasteiger partial charge in [0.25, 0.3) is 0 Å². The van der Waals surface area contributed by atoms with Crippen molar-refractivity contribution in [2.24, 2.45) is 0 Å². The number of nitrogens with one attached hydrogen (secondary N) is 2. The van der Waals surface area contributed by atoms with Crippen LogP contribution in [0.15, 0.2) is 47.8 Å². The van der Waals surface area contributed by atoms with Crippen molar-refractivity contribution < 1.29 is 13.6 Å². The van der Waals surface area contributed by atoms with E-state index in [1.54, 1.807) is 18.3 Å². The third-order valence-electron chi connectivity index (χ3n) is 3.77. The highest BCUT2D eigenvalue weighted by Crippen LogP contribution is 2.23. The molecular weight excluding hydrogens is 356 g/mol. The van der Waals surface area contributed by atoms with Gasteiger partial charge in [-0.15, -0.1) is 11.3 Å².